The number of hydrogen-bond donors (Lipinski definition) is 0. The van der Waals surface area contributed by atoms with Crippen LogP contribution in [-0.2, 0) is 4.74 Å². The van der Waals surface area contributed by atoms with Crippen molar-refractivity contribution in [1.29, 1.82) is 0 Å². The van der Waals surface area contributed by atoms with Crippen molar-refractivity contribution in [3.8, 4) is 0 Å². The van der Waals surface area contributed by atoms with Crippen LogP contribution >= 0.6 is 11.6 Å². The van der Waals surface area contributed by atoms with E-state index in [0.717, 1.165) is 24.4 Å². The van der Waals surface area contributed by atoms with Gasteiger partial charge in [-0.3, -0.25) is 4.79 Å². The van der Waals surface area contributed by atoms with Crippen molar-refractivity contribution in [2.75, 3.05) is 25.2 Å². The van der Waals surface area contributed by atoms with E-state index in [0.29, 0.717) is 23.2 Å². The van der Waals surface area contributed by atoms with E-state index in [1.807, 2.05) is 12.1 Å². The number of rotatable bonds is 7. The molecule has 1 unspecified atom stereocenters. The van der Waals surface area contributed by atoms with Crippen molar-refractivity contribution in [1.82, 2.24) is 0 Å². The van der Waals surface area contributed by atoms with Crippen LogP contribution in [0.15, 0.2) is 18.2 Å². The fourth-order valence-electron chi connectivity index (χ4n) is 2.40. The van der Waals surface area contributed by atoms with E-state index in [1.54, 1.807) is 13.2 Å². The molecule has 0 aliphatic heterocycles. The lowest BCUT2D eigenvalue weighted by molar-refractivity contribution is 0.112. The van der Waals surface area contributed by atoms with Gasteiger partial charge in [-0.2, -0.15) is 0 Å². The van der Waals surface area contributed by atoms with Crippen molar-refractivity contribution < 1.29 is 9.53 Å². The van der Waals surface area contributed by atoms with Crippen LogP contribution in [0.4, 0.5) is 5.69 Å². The zero-order valence-corrected chi connectivity index (χ0v) is 12.2. The Balaban J connectivity index is 2.22. The van der Waals surface area contributed by atoms with Crippen molar-refractivity contribution in [2.45, 2.75) is 25.8 Å². The van der Waals surface area contributed by atoms with Gasteiger partial charge in [0.1, 0.15) is 6.29 Å². The largest absolute Gasteiger partial charge is 0.383 e. The maximum Gasteiger partial charge on any atom is 0.150 e. The molecule has 104 valence electrons. The highest BCUT2D eigenvalue weighted by Crippen LogP contribution is 2.38. The molecule has 2 rings (SSSR count). The number of halogens is 1. The summed E-state index contributed by atoms with van der Waals surface area (Å²) in [6.45, 7) is 3.72. The smallest absolute Gasteiger partial charge is 0.150 e. The van der Waals surface area contributed by atoms with Crippen LogP contribution in [0.5, 0.6) is 0 Å². The van der Waals surface area contributed by atoms with Crippen LogP contribution in [-0.4, -0.2) is 32.6 Å². The number of carbonyl (C=O) groups is 1. The fraction of sp³-hybridized carbons (Fsp3) is 0.533. The number of benzene rings is 1. The number of methoxy groups -OCH3 is 1. The van der Waals surface area contributed by atoms with E-state index < -0.39 is 0 Å². The highest BCUT2D eigenvalue weighted by atomic mass is 35.5. The van der Waals surface area contributed by atoms with E-state index >= 15 is 0 Å². The molecule has 3 nitrogen and oxygen atoms in total. The van der Waals surface area contributed by atoms with Gasteiger partial charge in [0.15, 0.2) is 0 Å². The van der Waals surface area contributed by atoms with E-state index in [2.05, 4.69) is 11.8 Å². The summed E-state index contributed by atoms with van der Waals surface area (Å²) in [4.78, 5) is 13.1. The molecule has 0 heterocycles. The first-order chi connectivity index (χ1) is 9.17. The zero-order valence-electron chi connectivity index (χ0n) is 11.4. The van der Waals surface area contributed by atoms with Crippen LogP contribution < -0.4 is 4.90 Å². The minimum Gasteiger partial charge on any atom is -0.383 e. The third-order valence-corrected chi connectivity index (χ3v) is 4.05. The lowest BCUT2D eigenvalue weighted by atomic mass is 10.1. The summed E-state index contributed by atoms with van der Waals surface area (Å²) in [7, 11) is 1.71. The van der Waals surface area contributed by atoms with Gasteiger partial charge in [-0.25, -0.2) is 0 Å². The Morgan fingerprint density at radius 2 is 2.26 bits per heavy atom. The Hall–Kier alpha value is -1.06. The molecule has 1 fully saturated rings. The molecule has 1 aromatic rings. The van der Waals surface area contributed by atoms with Crippen molar-refractivity contribution in [3.05, 3.63) is 28.8 Å². The predicted octanol–water partition coefficient (Wildman–Crippen LogP) is 3.40. The van der Waals surface area contributed by atoms with Gasteiger partial charge in [0, 0.05) is 25.3 Å². The summed E-state index contributed by atoms with van der Waals surface area (Å²) in [5.41, 5.74) is 1.60. The molecule has 0 aromatic heterocycles. The number of ether oxygens (including phenoxy) is 1. The molecule has 1 atom stereocenters. The fourth-order valence-corrected chi connectivity index (χ4v) is 2.69. The van der Waals surface area contributed by atoms with Gasteiger partial charge >= 0.3 is 0 Å². The maximum absolute atomic E-state index is 10.8. The highest BCUT2D eigenvalue weighted by Gasteiger charge is 2.32. The van der Waals surface area contributed by atoms with Crippen molar-refractivity contribution in [3.63, 3.8) is 0 Å². The zero-order chi connectivity index (χ0) is 13.8. The first-order valence-corrected chi connectivity index (χ1v) is 7.05. The molecule has 1 aliphatic rings. The number of hydrogen-bond acceptors (Lipinski definition) is 3. The topological polar surface area (TPSA) is 29.5 Å². The van der Waals surface area contributed by atoms with Gasteiger partial charge in [-0.05, 0) is 43.9 Å². The quantitative estimate of drug-likeness (QED) is 0.718. The van der Waals surface area contributed by atoms with Gasteiger partial charge in [-0.15, -0.1) is 0 Å². The van der Waals surface area contributed by atoms with Gasteiger partial charge in [0.2, 0.25) is 0 Å². The maximum atomic E-state index is 10.8. The van der Waals surface area contributed by atoms with Crippen LogP contribution in [0.1, 0.15) is 30.1 Å². The molecule has 19 heavy (non-hydrogen) atoms. The monoisotopic (exact) mass is 281 g/mol. The molecule has 4 heteroatoms. The summed E-state index contributed by atoms with van der Waals surface area (Å²) >= 11 is 6.31. The summed E-state index contributed by atoms with van der Waals surface area (Å²) in [5, 5.41) is 0.633. The highest BCUT2D eigenvalue weighted by molar-refractivity contribution is 6.33. The van der Waals surface area contributed by atoms with E-state index in [4.69, 9.17) is 16.3 Å². The number of nitrogens with zero attached hydrogens (tertiary/aromatic N) is 1. The van der Waals surface area contributed by atoms with Crippen molar-refractivity contribution in [2.24, 2.45) is 5.92 Å². The molecule has 0 N–H and O–H groups in total. The molecular formula is C15H20ClNO2. The molecular weight excluding hydrogens is 262 g/mol. The molecule has 0 amide bonds. The summed E-state index contributed by atoms with van der Waals surface area (Å²) in [6, 6.07) is 5.92. The number of anilines is 1. The van der Waals surface area contributed by atoms with E-state index in [1.165, 1.54) is 12.8 Å². The second-order valence-electron chi connectivity index (χ2n) is 5.09. The van der Waals surface area contributed by atoms with Gasteiger partial charge in [0.25, 0.3) is 0 Å². The Kier molecular flexibility index (Phi) is 4.83. The molecule has 0 radical (unpaired) electrons. The Bertz CT molecular complexity index is 446. The van der Waals surface area contributed by atoms with Gasteiger partial charge in [0.05, 0.1) is 17.3 Å². The minimum absolute atomic E-state index is 0.453. The third-order valence-electron chi connectivity index (χ3n) is 3.75. The van der Waals surface area contributed by atoms with E-state index in [9.17, 15) is 4.79 Å². The second-order valence-corrected chi connectivity index (χ2v) is 5.50. The van der Waals surface area contributed by atoms with Gasteiger partial charge < -0.3 is 9.64 Å². The lowest BCUT2D eigenvalue weighted by Gasteiger charge is -2.32. The Labute approximate surface area is 119 Å². The molecule has 0 saturated heterocycles. The standard InChI is InChI=1S/C15H20ClNO2/c1-11(13-4-5-13)17(7-8-19-2)15-6-3-12(10-18)9-14(15)16/h3,6,9-11,13H,4-5,7-8H2,1-2H3. The Morgan fingerprint density at radius 3 is 2.79 bits per heavy atom. The number of aldehydes is 1. The molecule has 1 aromatic carbocycles. The first-order valence-electron chi connectivity index (χ1n) is 6.67. The third kappa shape index (κ3) is 3.48. The first kappa shape index (κ1) is 14.4. The lowest BCUT2D eigenvalue weighted by Crippen LogP contribution is -2.37. The normalized spacial score (nSPS) is 16.2. The number of carbonyl (C=O) groups excluding carboxylic acids is 1. The van der Waals surface area contributed by atoms with Crippen LogP contribution in [0.3, 0.4) is 0 Å². The van der Waals surface area contributed by atoms with Crippen LogP contribution in [0, 0.1) is 5.92 Å². The molecule has 1 aliphatic carbocycles. The summed E-state index contributed by atoms with van der Waals surface area (Å²) in [6.07, 6.45) is 3.39. The van der Waals surface area contributed by atoms with Crippen LogP contribution in [0.25, 0.3) is 0 Å². The SMILES string of the molecule is COCCN(c1ccc(C=O)cc1Cl)C(C)C1CC1. The Morgan fingerprint density at radius 1 is 1.53 bits per heavy atom. The van der Waals surface area contributed by atoms with Crippen molar-refractivity contribution >= 4 is 23.6 Å². The average molecular weight is 282 g/mol. The average Bonchev–Trinajstić information content (AvgIpc) is 3.24. The minimum atomic E-state index is 0.453. The van der Waals surface area contributed by atoms with E-state index in [-0.39, 0.29) is 0 Å². The summed E-state index contributed by atoms with van der Waals surface area (Å²) in [5.74, 6) is 0.749. The molecule has 1 saturated carbocycles. The summed E-state index contributed by atoms with van der Waals surface area (Å²) < 4.78 is 5.19. The predicted molar refractivity (Wildman–Crippen MR) is 78.2 cm³/mol. The van der Waals surface area contributed by atoms with Crippen LogP contribution in [0.2, 0.25) is 5.02 Å². The molecule has 0 bridgehead atoms. The second kappa shape index (κ2) is 6.40. The van der Waals surface area contributed by atoms with Gasteiger partial charge in [-0.1, -0.05) is 11.6 Å². The molecule has 0 spiro atoms.